The minimum absolute atomic E-state index is 0.0217. The SMILES string of the molecule is O=C1NCC2(CCN(c3nc(OCC45CCCN4CCC5)nc4c(F)c(-c5cccc6cccc(F)c56)ncc34)CC2)N1. The number of fused-ring (bicyclic) bond motifs is 3. The molecule has 0 atom stereocenters. The number of urea groups is 1. The normalized spacial score (nSPS) is 21.0. The second-order valence-electron chi connectivity index (χ2n) is 12.4. The Labute approximate surface area is 247 Å². The molecule has 4 fully saturated rings. The maximum absolute atomic E-state index is 16.6. The second kappa shape index (κ2) is 9.97. The summed E-state index contributed by atoms with van der Waals surface area (Å²) in [7, 11) is 0. The first-order chi connectivity index (χ1) is 20.9. The molecular weight excluding hydrogens is 552 g/mol. The van der Waals surface area contributed by atoms with Crippen molar-refractivity contribution in [3.05, 3.63) is 54.2 Å². The third kappa shape index (κ3) is 4.35. The van der Waals surface area contributed by atoms with Crippen LogP contribution in [0.15, 0.2) is 42.6 Å². The van der Waals surface area contributed by atoms with Crippen molar-refractivity contribution < 1.29 is 18.3 Å². The van der Waals surface area contributed by atoms with Crippen LogP contribution in [0.3, 0.4) is 0 Å². The summed E-state index contributed by atoms with van der Waals surface area (Å²) in [5.41, 5.74) is 0.187. The number of carbonyl (C=O) groups excluding carboxylic acids is 1. The van der Waals surface area contributed by atoms with Crippen LogP contribution in [-0.2, 0) is 0 Å². The number of hydrogen-bond donors (Lipinski definition) is 2. The van der Waals surface area contributed by atoms with Gasteiger partial charge in [0, 0.05) is 36.8 Å². The van der Waals surface area contributed by atoms with Gasteiger partial charge in [0.2, 0.25) is 0 Å². The highest BCUT2D eigenvalue weighted by molar-refractivity contribution is 5.99. The van der Waals surface area contributed by atoms with Crippen LogP contribution in [0.25, 0.3) is 32.9 Å². The van der Waals surface area contributed by atoms with Crippen LogP contribution in [0.2, 0.25) is 0 Å². The van der Waals surface area contributed by atoms with Gasteiger partial charge in [-0.3, -0.25) is 9.88 Å². The zero-order valence-electron chi connectivity index (χ0n) is 23.8. The van der Waals surface area contributed by atoms with E-state index in [-0.39, 0.29) is 34.3 Å². The van der Waals surface area contributed by atoms with E-state index in [1.54, 1.807) is 36.5 Å². The maximum atomic E-state index is 16.6. The van der Waals surface area contributed by atoms with E-state index in [0.29, 0.717) is 53.8 Å². The third-order valence-corrected chi connectivity index (χ3v) is 10.0. The molecule has 0 radical (unpaired) electrons. The maximum Gasteiger partial charge on any atom is 0.319 e. The van der Waals surface area contributed by atoms with Gasteiger partial charge in [-0.05, 0) is 63.1 Å². The van der Waals surface area contributed by atoms with Crippen molar-refractivity contribution in [3.8, 4) is 17.3 Å². The van der Waals surface area contributed by atoms with E-state index in [4.69, 9.17) is 9.72 Å². The molecule has 4 aromatic rings. The van der Waals surface area contributed by atoms with E-state index in [1.165, 1.54) is 6.07 Å². The Balaban J connectivity index is 1.21. The minimum Gasteiger partial charge on any atom is -0.461 e. The molecule has 2 amide bonds. The molecule has 0 unspecified atom stereocenters. The van der Waals surface area contributed by atoms with E-state index < -0.39 is 11.6 Å². The molecule has 9 nitrogen and oxygen atoms in total. The highest BCUT2D eigenvalue weighted by atomic mass is 19.1. The number of carbonyl (C=O) groups is 1. The van der Waals surface area contributed by atoms with E-state index in [2.05, 4.69) is 30.4 Å². The van der Waals surface area contributed by atoms with Crippen molar-refractivity contribution >= 4 is 33.5 Å². The number of ether oxygens (including phenoxy) is 1. The third-order valence-electron chi connectivity index (χ3n) is 10.0. The molecule has 0 aliphatic carbocycles. The lowest BCUT2D eigenvalue weighted by Gasteiger charge is -2.39. The number of benzene rings is 2. The number of hydrogen-bond acceptors (Lipinski definition) is 7. The zero-order valence-corrected chi connectivity index (χ0v) is 23.8. The molecule has 4 aliphatic rings. The van der Waals surface area contributed by atoms with Gasteiger partial charge in [-0.1, -0.05) is 30.3 Å². The Hall–Kier alpha value is -4.12. The van der Waals surface area contributed by atoms with Gasteiger partial charge in [0.05, 0.1) is 16.5 Å². The lowest BCUT2D eigenvalue weighted by atomic mass is 9.88. The van der Waals surface area contributed by atoms with E-state index in [9.17, 15) is 4.79 Å². The molecule has 4 aliphatic heterocycles. The molecule has 222 valence electrons. The number of rotatable bonds is 5. The molecule has 2 aromatic heterocycles. The Bertz CT molecular complexity index is 1740. The van der Waals surface area contributed by atoms with Crippen molar-refractivity contribution in [3.63, 3.8) is 0 Å². The molecule has 6 heterocycles. The number of amides is 2. The van der Waals surface area contributed by atoms with E-state index in [0.717, 1.165) is 51.6 Å². The van der Waals surface area contributed by atoms with Gasteiger partial charge < -0.3 is 20.3 Å². The molecule has 0 saturated carbocycles. The van der Waals surface area contributed by atoms with Crippen LogP contribution < -0.4 is 20.3 Å². The number of anilines is 1. The van der Waals surface area contributed by atoms with Crippen molar-refractivity contribution in [2.75, 3.05) is 44.2 Å². The first kappa shape index (κ1) is 26.5. The van der Waals surface area contributed by atoms with E-state index >= 15 is 8.78 Å². The molecule has 2 aromatic carbocycles. The average molecular weight is 586 g/mol. The summed E-state index contributed by atoms with van der Waals surface area (Å²) >= 11 is 0. The van der Waals surface area contributed by atoms with Crippen LogP contribution in [0.5, 0.6) is 6.01 Å². The monoisotopic (exact) mass is 585 g/mol. The van der Waals surface area contributed by atoms with Crippen LogP contribution in [0, 0.1) is 11.6 Å². The van der Waals surface area contributed by atoms with Gasteiger partial charge in [-0.15, -0.1) is 0 Å². The van der Waals surface area contributed by atoms with Crippen LogP contribution >= 0.6 is 0 Å². The topological polar surface area (TPSA) is 95.5 Å². The Kier molecular flexibility index (Phi) is 6.15. The quantitative estimate of drug-likeness (QED) is 0.348. The highest BCUT2D eigenvalue weighted by Gasteiger charge is 2.45. The fourth-order valence-electron chi connectivity index (χ4n) is 7.69. The largest absolute Gasteiger partial charge is 0.461 e. The highest BCUT2D eigenvalue weighted by Crippen LogP contribution is 2.40. The summed E-state index contributed by atoms with van der Waals surface area (Å²) in [4.78, 5) is 30.5. The number of piperidine rings is 1. The summed E-state index contributed by atoms with van der Waals surface area (Å²) in [6.07, 6.45) is 7.43. The summed E-state index contributed by atoms with van der Waals surface area (Å²) in [6.45, 7) is 4.40. The van der Waals surface area contributed by atoms with Gasteiger partial charge in [-0.2, -0.15) is 9.97 Å². The minimum atomic E-state index is -0.635. The second-order valence-corrected chi connectivity index (χ2v) is 12.4. The first-order valence-electron chi connectivity index (χ1n) is 15.2. The molecule has 8 rings (SSSR count). The summed E-state index contributed by atoms with van der Waals surface area (Å²) in [5.74, 6) is -0.514. The van der Waals surface area contributed by atoms with Gasteiger partial charge >= 0.3 is 12.0 Å². The van der Waals surface area contributed by atoms with Crippen molar-refractivity contribution in [2.24, 2.45) is 0 Å². The Morgan fingerprint density at radius 3 is 2.47 bits per heavy atom. The summed E-state index contributed by atoms with van der Waals surface area (Å²) in [5, 5.41) is 7.40. The molecule has 43 heavy (non-hydrogen) atoms. The molecule has 2 N–H and O–H groups in total. The van der Waals surface area contributed by atoms with Gasteiger partial charge in [0.25, 0.3) is 0 Å². The predicted octanol–water partition coefficient (Wildman–Crippen LogP) is 4.78. The predicted molar refractivity (Wildman–Crippen MR) is 159 cm³/mol. The van der Waals surface area contributed by atoms with Crippen LogP contribution in [0.1, 0.15) is 38.5 Å². The van der Waals surface area contributed by atoms with Crippen molar-refractivity contribution in [2.45, 2.75) is 49.6 Å². The van der Waals surface area contributed by atoms with Crippen LogP contribution in [0.4, 0.5) is 19.4 Å². The van der Waals surface area contributed by atoms with Crippen molar-refractivity contribution in [1.29, 1.82) is 0 Å². The van der Waals surface area contributed by atoms with Crippen LogP contribution in [-0.4, -0.2) is 76.3 Å². The van der Waals surface area contributed by atoms with Gasteiger partial charge in [0.1, 0.15) is 29.5 Å². The first-order valence-corrected chi connectivity index (χ1v) is 15.2. The number of aromatic nitrogens is 3. The number of pyridine rings is 1. The summed E-state index contributed by atoms with van der Waals surface area (Å²) in [6, 6.07) is 10.1. The lowest BCUT2D eigenvalue weighted by molar-refractivity contribution is 0.108. The zero-order chi connectivity index (χ0) is 29.2. The molecular formula is C32H33F2N7O2. The van der Waals surface area contributed by atoms with Crippen molar-refractivity contribution in [1.82, 2.24) is 30.5 Å². The smallest absolute Gasteiger partial charge is 0.319 e. The average Bonchev–Trinajstić information content (AvgIpc) is 3.71. The molecule has 1 spiro atoms. The fraction of sp³-hybridized carbons (Fsp3) is 0.438. The van der Waals surface area contributed by atoms with E-state index in [1.807, 2.05) is 0 Å². The fourth-order valence-corrected chi connectivity index (χ4v) is 7.69. The molecule has 11 heteroatoms. The number of nitrogens with zero attached hydrogens (tertiary/aromatic N) is 5. The lowest BCUT2D eigenvalue weighted by Crippen LogP contribution is -2.52. The molecule has 0 bridgehead atoms. The summed E-state index contributed by atoms with van der Waals surface area (Å²) < 4.78 is 37.9. The van der Waals surface area contributed by atoms with Gasteiger partial charge in [0.15, 0.2) is 5.82 Å². The Morgan fingerprint density at radius 2 is 1.72 bits per heavy atom. The molecule has 4 saturated heterocycles. The number of nitrogens with one attached hydrogen (secondary N) is 2. The number of halogens is 2. The standard InChI is InChI=1S/C32H33F2N7O2/c33-23-8-2-6-20-5-1-7-21(24(20)23)26-25(34)27-22(17-35-26)28(40-15-11-31(12-16-40)18-36-29(42)39-31)38-30(37-27)43-19-32-9-3-13-41(32)14-4-10-32/h1-2,5-8,17H,3-4,9-16,18-19H2,(H2,36,39,42). The Morgan fingerprint density at radius 1 is 0.953 bits per heavy atom. The van der Waals surface area contributed by atoms with Gasteiger partial charge in [-0.25, -0.2) is 13.6 Å².